The molecule has 3 heterocycles. The first-order valence-electron chi connectivity index (χ1n) is 7.12. The lowest BCUT2D eigenvalue weighted by molar-refractivity contribution is -2.00. The van der Waals surface area contributed by atoms with Gasteiger partial charge in [-0.2, -0.15) is 0 Å². The van der Waals surface area contributed by atoms with Crippen molar-refractivity contribution in [1.82, 2.24) is 14.1 Å². The molecule has 0 spiro atoms. The van der Waals surface area contributed by atoms with Gasteiger partial charge in [0.15, 0.2) is 5.39 Å². The third-order valence-electron chi connectivity index (χ3n) is 3.57. The van der Waals surface area contributed by atoms with Crippen LogP contribution >= 0.6 is 0 Å². The van der Waals surface area contributed by atoms with Crippen molar-refractivity contribution in [3.8, 4) is 0 Å². The number of anilines is 1. The Hall–Kier alpha value is -2.57. The molecule has 3 aromatic heterocycles. The highest BCUT2D eigenvalue weighted by atomic mass is 35.7. The summed E-state index contributed by atoms with van der Waals surface area (Å²) < 4.78 is 38.3. The molecule has 3 rings (SSSR count). The van der Waals surface area contributed by atoms with Crippen LogP contribution in [0.25, 0.3) is 16.7 Å². The number of fused-ring (bicyclic) bond motifs is 2. The predicted octanol–water partition coefficient (Wildman–Crippen LogP) is -5.32. The average molecular weight is 386 g/mol. The average Bonchev–Trinajstić information content (AvgIpc) is 2.54. The van der Waals surface area contributed by atoms with Crippen molar-refractivity contribution in [3.63, 3.8) is 0 Å². The van der Waals surface area contributed by atoms with Crippen molar-refractivity contribution in [2.45, 2.75) is 0 Å². The van der Waals surface area contributed by atoms with E-state index < -0.39 is 10.2 Å². The van der Waals surface area contributed by atoms with E-state index in [2.05, 4.69) is 4.98 Å². The van der Waals surface area contributed by atoms with Gasteiger partial charge in [-0.05, 0) is 6.07 Å². The predicted molar refractivity (Wildman–Crippen MR) is 79.7 cm³/mol. The lowest BCUT2D eigenvalue weighted by Crippen LogP contribution is -2.68. The molecule has 0 unspecified atom stereocenters. The van der Waals surface area contributed by atoms with Crippen molar-refractivity contribution in [2.24, 2.45) is 14.1 Å². The molecule has 12 heteroatoms. The molecule has 0 aromatic carbocycles. The van der Waals surface area contributed by atoms with E-state index in [9.17, 15) is 9.59 Å². The van der Waals surface area contributed by atoms with E-state index >= 15 is 0 Å². The van der Waals surface area contributed by atoms with E-state index in [1.807, 2.05) is 47.8 Å². The van der Waals surface area contributed by atoms with Crippen LogP contribution in [0.15, 0.2) is 34.0 Å². The molecule has 0 atom stereocenters. The van der Waals surface area contributed by atoms with Gasteiger partial charge in [0.2, 0.25) is 11.5 Å². The van der Waals surface area contributed by atoms with Gasteiger partial charge in [-0.1, -0.05) is 11.1 Å². The second-order valence-electron chi connectivity index (χ2n) is 5.54. The minimum Gasteiger partial charge on any atom is -0.297 e. The highest BCUT2D eigenvalue weighted by molar-refractivity contribution is 5.85. The zero-order valence-electron chi connectivity index (χ0n) is 14.4. The minimum atomic E-state index is -4.94. The first-order chi connectivity index (χ1) is 11.9. The van der Waals surface area contributed by atoms with Gasteiger partial charge in [0, 0.05) is 20.2 Å². The summed E-state index contributed by atoms with van der Waals surface area (Å²) in [6.07, 6.45) is 1.85. The van der Waals surface area contributed by atoms with E-state index in [4.69, 9.17) is 18.6 Å². The Morgan fingerprint density at radius 3 is 2.19 bits per heavy atom. The van der Waals surface area contributed by atoms with Gasteiger partial charge in [0.05, 0.1) is 20.3 Å². The van der Waals surface area contributed by atoms with Crippen LogP contribution in [0.3, 0.4) is 0 Å². The standard InChI is InChI=1S/C14H16N5O2.ClHO4/c1-16(2)12-10-11(15-9-7-5-6-8-19(9)12)17(3)14(21)18(4)13(10)20;2-1(3,4)5/h5-8H,1-4H3;(H,2,3,4,5)/q+1;/p-1. The maximum atomic E-state index is 12.5. The second-order valence-corrected chi connectivity index (χ2v) is 6.30. The van der Waals surface area contributed by atoms with Gasteiger partial charge in [-0.15, -0.1) is 10.2 Å². The van der Waals surface area contributed by atoms with Crippen molar-refractivity contribution >= 4 is 22.5 Å². The maximum absolute atomic E-state index is 12.5. The lowest BCUT2D eigenvalue weighted by Gasteiger charge is -2.17. The molecule has 0 saturated carbocycles. The van der Waals surface area contributed by atoms with Gasteiger partial charge >= 0.3 is 5.69 Å². The smallest absolute Gasteiger partial charge is 0.297 e. The van der Waals surface area contributed by atoms with E-state index in [0.29, 0.717) is 22.5 Å². The highest BCUT2D eigenvalue weighted by Crippen LogP contribution is 2.16. The summed E-state index contributed by atoms with van der Waals surface area (Å²) in [5.41, 5.74) is 0.336. The minimum absolute atomic E-state index is 0.345. The Bertz CT molecular complexity index is 1080. The molecule has 11 nitrogen and oxygen atoms in total. The van der Waals surface area contributed by atoms with Crippen molar-refractivity contribution in [1.29, 1.82) is 0 Å². The molecule has 140 valence electrons. The first-order valence-corrected chi connectivity index (χ1v) is 8.36. The number of aromatic nitrogens is 4. The Morgan fingerprint density at radius 2 is 1.65 bits per heavy atom. The Kier molecular flexibility index (Phi) is 5.30. The normalized spacial score (nSPS) is 11.4. The van der Waals surface area contributed by atoms with Crippen LogP contribution in [0.4, 0.5) is 5.82 Å². The fourth-order valence-electron chi connectivity index (χ4n) is 2.53. The van der Waals surface area contributed by atoms with Crippen LogP contribution in [0.2, 0.25) is 0 Å². The second kappa shape index (κ2) is 6.97. The topological polar surface area (TPSA) is 156 Å². The SMILES string of the molecule is CN(C)c1c2c(=O)n(C)c(=O)n(C)c2nc2cccc[n+]12.[O-][Cl+3]([O-])([O-])[O-]. The van der Waals surface area contributed by atoms with E-state index in [-0.39, 0.29) is 11.2 Å². The summed E-state index contributed by atoms with van der Waals surface area (Å²) in [4.78, 5) is 30.9. The molecular formula is C14H16ClN5O6. The number of pyridine rings is 1. The van der Waals surface area contributed by atoms with E-state index in [1.165, 1.54) is 11.6 Å². The van der Waals surface area contributed by atoms with Crippen LogP contribution in [0.5, 0.6) is 0 Å². The summed E-state index contributed by atoms with van der Waals surface area (Å²) in [6.45, 7) is 0. The number of nitrogens with zero attached hydrogens (tertiary/aromatic N) is 5. The van der Waals surface area contributed by atoms with Crippen molar-refractivity contribution < 1.29 is 33.3 Å². The number of aryl methyl sites for hydroxylation is 1. The molecule has 0 fully saturated rings. The number of hydrogen-bond acceptors (Lipinski definition) is 8. The summed E-state index contributed by atoms with van der Waals surface area (Å²) in [5, 5.41) is 0.424. The Balaban J connectivity index is 0.000000431. The summed E-state index contributed by atoms with van der Waals surface area (Å²) >= 11 is 0. The quantitative estimate of drug-likeness (QED) is 0.297. The summed E-state index contributed by atoms with van der Waals surface area (Å²) in [6, 6.07) is 5.58. The van der Waals surface area contributed by atoms with Crippen LogP contribution in [-0.2, 0) is 14.1 Å². The molecule has 0 bridgehead atoms. The van der Waals surface area contributed by atoms with Gasteiger partial charge in [-0.3, -0.25) is 18.8 Å². The molecule has 0 radical (unpaired) electrons. The lowest BCUT2D eigenvalue weighted by atomic mass is 10.3. The van der Waals surface area contributed by atoms with Gasteiger partial charge in [0.1, 0.15) is 0 Å². The molecule has 0 saturated heterocycles. The van der Waals surface area contributed by atoms with E-state index in [0.717, 1.165) is 4.57 Å². The molecule has 0 amide bonds. The fraction of sp³-hybridized carbons (Fsp3) is 0.286. The fourth-order valence-corrected chi connectivity index (χ4v) is 2.53. The van der Waals surface area contributed by atoms with E-state index in [1.54, 1.807) is 7.05 Å². The highest BCUT2D eigenvalue weighted by Gasteiger charge is 2.24. The maximum Gasteiger partial charge on any atom is 0.333 e. The largest absolute Gasteiger partial charge is 0.333 e. The number of hydrogen-bond donors (Lipinski definition) is 0. The number of rotatable bonds is 1. The van der Waals surface area contributed by atoms with Crippen LogP contribution in [0, 0.1) is 10.2 Å². The van der Waals surface area contributed by atoms with Crippen LogP contribution < -0.4 is 39.2 Å². The van der Waals surface area contributed by atoms with Crippen LogP contribution in [0.1, 0.15) is 0 Å². The molecule has 0 aliphatic heterocycles. The zero-order chi connectivity index (χ0) is 19.8. The first kappa shape index (κ1) is 19.8. The van der Waals surface area contributed by atoms with Crippen molar-refractivity contribution in [3.05, 3.63) is 45.2 Å². The molecule has 26 heavy (non-hydrogen) atoms. The Morgan fingerprint density at radius 1 is 1.08 bits per heavy atom. The van der Waals surface area contributed by atoms with Gasteiger partial charge < -0.3 is 0 Å². The molecular weight excluding hydrogens is 370 g/mol. The molecule has 3 aromatic rings. The summed E-state index contributed by atoms with van der Waals surface area (Å²) in [5.74, 6) is 0.701. The van der Waals surface area contributed by atoms with Gasteiger partial charge in [0.25, 0.3) is 11.2 Å². The number of halogens is 1. The van der Waals surface area contributed by atoms with Crippen molar-refractivity contribution in [2.75, 3.05) is 19.0 Å². The third kappa shape index (κ3) is 3.81. The third-order valence-corrected chi connectivity index (χ3v) is 3.57. The summed E-state index contributed by atoms with van der Waals surface area (Å²) in [7, 11) is 1.87. The van der Waals surface area contributed by atoms with Gasteiger partial charge in [-0.25, -0.2) is 27.8 Å². The molecule has 0 aliphatic rings. The Labute approximate surface area is 149 Å². The monoisotopic (exact) mass is 385 g/mol. The molecule has 0 aliphatic carbocycles. The molecule has 0 N–H and O–H groups in total. The van der Waals surface area contributed by atoms with Crippen LogP contribution in [-0.4, -0.2) is 28.2 Å². The zero-order valence-corrected chi connectivity index (χ0v) is 15.1.